The van der Waals surface area contributed by atoms with Crippen molar-refractivity contribution in [2.45, 2.75) is 45.6 Å². The van der Waals surface area contributed by atoms with Crippen LogP contribution >= 0.6 is 0 Å². The molecule has 0 radical (unpaired) electrons. The highest BCUT2D eigenvalue weighted by atomic mass is 19.4. The molecule has 2 aromatic carbocycles. The van der Waals surface area contributed by atoms with Gasteiger partial charge in [-0.3, -0.25) is 4.90 Å². The van der Waals surface area contributed by atoms with Crippen molar-refractivity contribution >= 4 is 18.1 Å². The zero-order valence-electron chi connectivity index (χ0n) is 19.7. The van der Waals surface area contributed by atoms with Gasteiger partial charge in [-0.25, -0.2) is 9.59 Å². The van der Waals surface area contributed by atoms with Crippen LogP contribution in [0.5, 0.6) is 5.75 Å². The molecule has 0 aliphatic heterocycles. The van der Waals surface area contributed by atoms with Crippen molar-refractivity contribution in [2.24, 2.45) is 0 Å². The number of rotatable bonds is 7. The molecular formula is C25H28F3NO5. The summed E-state index contributed by atoms with van der Waals surface area (Å²) in [7, 11) is 2.76. The number of nitrogens with zero attached hydrogens (tertiary/aromatic N) is 1. The van der Waals surface area contributed by atoms with Gasteiger partial charge >= 0.3 is 18.2 Å². The molecule has 0 unspecified atom stereocenters. The zero-order chi connectivity index (χ0) is 25.5. The number of alkyl halides is 3. The van der Waals surface area contributed by atoms with Gasteiger partial charge in [-0.05, 0) is 67.8 Å². The van der Waals surface area contributed by atoms with E-state index in [1.807, 2.05) is 0 Å². The highest BCUT2D eigenvalue weighted by Gasteiger charge is 2.30. The van der Waals surface area contributed by atoms with E-state index >= 15 is 0 Å². The standard InChI is InChI=1S/C25H28F3NO5/c1-24(2,3)34-23(31)29(15-17-6-10-20(11-7-17)25(26,27)28)16-19-14-21(32-4)12-8-18(19)9-13-22(30)33-5/h6-14H,15-16H2,1-5H3/b13-9+. The van der Waals surface area contributed by atoms with Gasteiger partial charge in [-0.2, -0.15) is 13.2 Å². The van der Waals surface area contributed by atoms with Crippen molar-refractivity contribution in [3.63, 3.8) is 0 Å². The second-order valence-electron chi connectivity index (χ2n) is 8.45. The maximum Gasteiger partial charge on any atom is 0.416 e. The van der Waals surface area contributed by atoms with Crippen LogP contribution < -0.4 is 4.74 Å². The fourth-order valence-corrected chi connectivity index (χ4v) is 2.97. The van der Waals surface area contributed by atoms with Crippen molar-refractivity contribution in [2.75, 3.05) is 14.2 Å². The Bertz CT molecular complexity index is 1020. The summed E-state index contributed by atoms with van der Waals surface area (Å²) < 4.78 is 54.2. The molecular weight excluding hydrogens is 451 g/mol. The minimum Gasteiger partial charge on any atom is -0.497 e. The van der Waals surface area contributed by atoms with E-state index in [4.69, 9.17) is 9.47 Å². The van der Waals surface area contributed by atoms with Crippen molar-refractivity contribution in [1.29, 1.82) is 0 Å². The van der Waals surface area contributed by atoms with Crippen LogP contribution in [-0.2, 0) is 33.5 Å². The van der Waals surface area contributed by atoms with E-state index in [0.29, 0.717) is 22.4 Å². The molecule has 9 heteroatoms. The number of esters is 1. The first-order chi connectivity index (χ1) is 15.8. The molecule has 0 aliphatic rings. The van der Waals surface area contributed by atoms with Crippen LogP contribution in [-0.4, -0.2) is 36.8 Å². The summed E-state index contributed by atoms with van der Waals surface area (Å²) in [5.74, 6) is -0.0144. The molecule has 0 spiro atoms. The highest BCUT2D eigenvalue weighted by Crippen LogP contribution is 2.29. The third-order valence-electron chi connectivity index (χ3n) is 4.62. The predicted molar refractivity (Wildman–Crippen MR) is 121 cm³/mol. The Morgan fingerprint density at radius 2 is 1.62 bits per heavy atom. The van der Waals surface area contributed by atoms with Crippen LogP contribution in [0, 0.1) is 0 Å². The summed E-state index contributed by atoms with van der Waals surface area (Å²) in [6.45, 7) is 5.21. The van der Waals surface area contributed by atoms with E-state index in [0.717, 1.165) is 12.1 Å². The summed E-state index contributed by atoms with van der Waals surface area (Å²) in [5.41, 5.74) is 0.207. The van der Waals surface area contributed by atoms with Gasteiger partial charge in [-0.1, -0.05) is 18.2 Å². The third kappa shape index (κ3) is 8.13. The van der Waals surface area contributed by atoms with E-state index in [9.17, 15) is 22.8 Å². The fraction of sp³-hybridized carbons (Fsp3) is 0.360. The maximum atomic E-state index is 13.0. The molecule has 184 valence electrons. The van der Waals surface area contributed by atoms with Gasteiger partial charge in [0.15, 0.2) is 0 Å². The number of carbonyl (C=O) groups excluding carboxylic acids is 2. The quantitative estimate of drug-likeness (QED) is 0.369. The zero-order valence-corrected chi connectivity index (χ0v) is 19.7. The van der Waals surface area contributed by atoms with Crippen LogP contribution in [0.1, 0.15) is 43.0 Å². The highest BCUT2D eigenvalue weighted by molar-refractivity contribution is 5.87. The van der Waals surface area contributed by atoms with Crippen molar-refractivity contribution in [3.05, 3.63) is 70.8 Å². The molecule has 0 bridgehead atoms. The summed E-state index contributed by atoms with van der Waals surface area (Å²) in [5, 5.41) is 0. The molecule has 0 atom stereocenters. The average molecular weight is 479 g/mol. The number of carbonyl (C=O) groups is 2. The monoisotopic (exact) mass is 479 g/mol. The minimum atomic E-state index is -4.45. The van der Waals surface area contributed by atoms with Gasteiger partial charge in [0.1, 0.15) is 11.4 Å². The SMILES string of the molecule is COC(=O)/C=C/c1ccc(OC)cc1CN(Cc1ccc(C(F)(F)F)cc1)C(=O)OC(C)(C)C. The first-order valence-corrected chi connectivity index (χ1v) is 10.4. The van der Waals surface area contributed by atoms with Gasteiger partial charge in [0.05, 0.1) is 26.3 Å². The molecule has 0 N–H and O–H groups in total. The number of methoxy groups -OCH3 is 2. The molecule has 0 fully saturated rings. The first-order valence-electron chi connectivity index (χ1n) is 10.4. The van der Waals surface area contributed by atoms with Crippen LogP contribution in [0.3, 0.4) is 0 Å². The molecule has 6 nitrogen and oxygen atoms in total. The van der Waals surface area contributed by atoms with Gasteiger partial charge in [0, 0.05) is 12.6 Å². The summed E-state index contributed by atoms with van der Waals surface area (Å²) in [4.78, 5) is 25.9. The van der Waals surface area contributed by atoms with E-state index in [1.54, 1.807) is 45.0 Å². The Hall–Kier alpha value is -3.49. The molecule has 2 rings (SSSR count). The van der Waals surface area contributed by atoms with Crippen LogP contribution in [0.15, 0.2) is 48.5 Å². The first kappa shape index (κ1) is 26.8. The predicted octanol–water partition coefficient (Wildman–Crippen LogP) is 5.84. The maximum absolute atomic E-state index is 13.0. The lowest BCUT2D eigenvalue weighted by atomic mass is 10.0. The van der Waals surface area contributed by atoms with Crippen LogP contribution in [0.25, 0.3) is 6.08 Å². The summed E-state index contributed by atoms with van der Waals surface area (Å²) in [6, 6.07) is 9.72. The Morgan fingerprint density at radius 3 is 2.15 bits per heavy atom. The summed E-state index contributed by atoms with van der Waals surface area (Å²) in [6.07, 6.45) is -2.30. The Labute approximate surface area is 196 Å². The molecule has 0 saturated carbocycles. The largest absolute Gasteiger partial charge is 0.497 e. The lowest BCUT2D eigenvalue weighted by Gasteiger charge is -2.28. The average Bonchev–Trinajstić information content (AvgIpc) is 2.76. The normalized spacial score (nSPS) is 11.9. The number of hydrogen-bond donors (Lipinski definition) is 0. The molecule has 0 aliphatic carbocycles. The van der Waals surface area contributed by atoms with Crippen molar-refractivity contribution in [1.82, 2.24) is 4.90 Å². The Kier molecular flexibility index (Phi) is 8.73. The molecule has 0 saturated heterocycles. The van der Waals surface area contributed by atoms with Crippen LogP contribution in [0.2, 0.25) is 0 Å². The molecule has 1 amide bonds. The number of benzene rings is 2. The Balaban J connectivity index is 2.41. The number of ether oxygens (including phenoxy) is 3. The summed E-state index contributed by atoms with van der Waals surface area (Å²) >= 11 is 0. The Morgan fingerprint density at radius 1 is 0.971 bits per heavy atom. The van der Waals surface area contributed by atoms with E-state index < -0.39 is 29.4 Å². The fourth-order valence-electron chi connectivity index (χ4n) is 2.97. The van der Waals surface area contributed by atoms with Crippen molar-refractivity contribution in [3.8, 4) is 5.75 Å². The minimum absolute atomic E-state index is 0.00438. The van der Waals surface area contributed by atoms with E-state index in [1.165, 1.54) is 37.3 Å². The van der Waals surface area contributed by atoms with E-state index in [2.05, 4.69) is 4.74 Å². The second-order valence-corrected chi connectivity index (χ2v) is 8.45. The topological polar surface area (TPSA) is 65.1 Å². The van der Waals surface area contributed by atoms with Crippen molar-refractivity contribution < 1.29 is 37.0 Å². The van der Waals surface area contributed by atoms with Gasteiger partial charge in [0.25, 0.3) is 0 Å². The molecule has 2 aromatic rings. The van der Waals surface area contributed by atoms with Crippen LogP contribution in [0.4, 0.5) is 18.0 Å². The number of hydrogen-bond acceptors (Lipinski definition) is 5. The third-order valence-corrected chi connectivity index (χ3v) is 4.62. The van der Waals surface area contributed by atoms with Gasteiger partial charge < -0.3 is 14.2 Å². The molecule has 0 aromatic heterocycles. The smallest absolute Gasteiger partial charge is 0.416 e. The molecule has 0 heterocycles. The van der Waals surface area contributed by atoms with E-state index in [-0.39, 0.29) is 13.1 Å². The number of halogens is 3. The van der Waals surface area contributed by atoms with Gasteiger partial charge in [0.2, 0.25) is 0 Å². The lowest BCUT2D eigenvalue weighted by Crippen LogP contribution is -2.36. The second kappa shape index (κ2) is 11.1. The molecule has 34 heavy (non-hydrogen) atoms. The van der Waals surface area contributed by atoms with Gasteiger partial charge in [-0.15, -0.1) is 0 Å². The number of amides is 1. The lowest BCUT2D eigenvalue weighted by molar-refractivity contribution is -0.137.